The van der Waals surface area contributed by atoms with Crippen LogP contribution < -0.4 is 14.8 Å². The summed E-state index contributed by atoms with van der Waals surface area (Å²) in [4.78, 5) is 11.0. The first-order valence-corrected chi connectivity index (χ1v) is 6.70. The Kier molecular flexibility index (Phi) is 4.66. The Morgan fingerprint density at radius 2 is 1.89 bits per heavy atom. The summed E-state index contributed by atoms with van der Waals surface area (Å²) < 4.78 is 10.8. The zero-order valence-electron chi connectivity index (χ0n) is 11.1. The van der Waals surface area contributed by atoms with Crippen LogP contribution in [0.4, 0.5) is 0 Å². The van der Waals surface area contributed by atoms with Crippen molar-refractivity contribution >= 4 is 17.9 Å². The topological polar surface area (TPSA) is 47.6 Å². The zero-order valence-corrected chi connectivity index (χ0v) is 11.9. The number of rotatable bonds is 4. The molecular weight excluding hydrogens is 266 g/mol. The number of methoxy groups -OCH3 is 2. The van der Waals surface area contributed by atoms with Crippen molar-refractivity contribution in [1.82, 2.24) is 5.32 Å². The molecule has 5 heteroatoms. The van der Waals surface area contributed by atoms with E-state index < -0.39 is 0 Å². The average Bonchev–Trinajstić information content (AvgIpc) is 2.46. The third-order valence-corrected chi connectivity index (χ3v) is 3.66. The SMILES string of the molecule is COc1cc(Cl)cc(OC)c1C1CCCC(C=O)N1. The van der Waals surface area contributed by atoms with Gasteiger partial charge in [-0.3, -0.25) is 0 Å². The number of carbonyl (C=O) groups excluding carboxylic acids is 1. The van der Waals surface area contributed by atoms with E-state index in [0.717, 1.165) is 31.1 Å². The quantitative estimate of drug-likeness (QED) is 0.863. The highest BCUT2D eigenvalue weighted by atomic mass is 35.5. The van der Waals surface area contributed by atoms with E-state index in [4.69, 9.17) is 21.1 Å². The van der Waals surface area contributed by atoms with Crippen molar-refractivity contribution in [3.63, 3.8) is 0 Å². The Labute approximate surface area is 118 Å². The number of ether oxygens (including phenoxy) is 2. The maximum Gasteiger partial charge on any atom is 0.136 e. The minimum absolute atomic E-state index is 0.0473. The monoisotopic (exact) mass is 283 g/mol. The second-order valence-electron chi connectivity index (χ2n) is 4.62. The highest BCUT2D eigenvalue weighted by Crippen LogP contribution is 2.40. The fourth-order valence-corrected chi connectivity index (χ4v) is 2.75. The molecule has 1 aliphatic heterocycles. The van der Waals surface area contributed by atoms with E-state index >= 15 is 0 Å². The smallest absolute Gasteiger partial charge is 0.136 e. The second kappa shape index (κ2) is 6.26. The molecule has 2 atom stereocenters. The molecule has 4 nitrogen and oxygen atoms in total. The van der Waals surface area contributed by atoms with Crippen molar-refractivity contribution in [3.05, 3.63) is 22.7 Å². The Bertz CT molecular complexity index is 439. The molecule has 1 N–H and O–H groups in total. The molecule has 0 bridgehead atoms. The predicted octanol–water partition coefficient (Wildman–Crippen LogP) is 2.74. The molecular formula is C14H18ClNO3. The summed E-state index contributed by atoms with van der Waals surface area (Å²) >= 11 is 6.04. The zero-order chi connectivity index (χ0) is 13.8. The van der Waals surface area contributed by atoms with Crippen molar-refractivity contribution in [1.29, 1.82) is 0 Å². The first-order chi connectivity index (χ1) is 9.19. The highest BCUT2D eigenvalue weighted by Gasteiger charge is 2.27. The molecule has 0 aliphatic carbocycles. The lowest BCUT2D eigenvalue weighted by atomic mass is 9.92. The minimum Gasteiger partial charge on any atom is -0.496 e. The lowest BCUT2D eigenvalue weighted by Gasteiger charge is -2.30. The number of aldehydes is 1. The van der Waals surface area contributed by atoms with Crippen LogP contribution in [0, 0.1) is 0 Å². The number of piperidine rings is 1. The van der Waals surface area contributed by atoms with Crippen LogP contribution in [0.2, 0.25) is 5.02 Å². The van der Waals surface area contributed by atoms with E-state index in [1.807, 2.05) is 0 Å². The van der Waals surface area contributed by atoms with Crippen LogP contribution >= 0.6 is 11.6 Å². The summed E-state index contributed by atoms with van der Waals surface area (Å²) in [6.45, 7) is 0. The van der Waals surface area contributed by atoms with Crippen LogP contribution in [-0.4, -0.2) is 26.5 Å². The minimum atomic E-state index is -0.108. The number of carbonyl (C=O) groups is 1. The summed E-state index contributed by atoms with van der Waals surface area (Å²) in [5.74, 6) is 1.38. The maximum atomic E-state index is 11.0. The number of benzene rings is 1. The van der Waals surface area contributed by atoms with Gasteiger partial charge < -0.3 is 19.6 Å². The van der Waals surface area contributed by atoms with Gasteiger partial charge in [-0.2, -0.15) is 0 Å². The normalized spacial score (nSPS) is 22.9. The summed E-state index contributed by atoms with van der Waals surface area (Å²) in [6, 6.07) is 3.48. The molecule has 19 heavy (non-hydrogen) atoms. The van der Waals surface area contributed by atoms with Crippen molar-refractivity contribution in [3.8, 4) is 11.5 Å². The van der Waals surface area contributed by atoms with Gasteiger partial charge in [-0.1, -0.05) is 11.6 Å². The molecule has 1 aromatic carbocycles. The maximum absolute atomic E-state index is 11.0. The fraction of sp³-hybridized carbons (Fsp3) is 0.500. The van der Waals surface area contributed by atoms with Gasteiger partial charge in [0.1, 0.15) is 17.8 Å². The first-order valence-electron chi connectivity index (χ1n) is 6.32. The second-order valence-corrected chi connectivity index (χ2v) is 5.05. The standard InChI is InChI=1S/C14H18ClNO3/c1-18-12-6-9(15)7-13(19-2)14(12)11-5-3-4-10(8-17)16-11/h6-8,10-11,16H,3-5H2,1-2H3. The number of hydrogen-bond donors (Lipinski definition) is 1. The van der Waals surface area contributed by atoms with Gasteiger partial charge in [0.25, 0.3) is 0 Å². The van der Waals surface area contributed by atoms with Crippen molar-refractivity contribution in [2.24, 2.45) is 0 Å². The van der Waals surface area contributed by atoms with Gasteiger partial charge in [0.15, 0.2) is 0 Å². The van der Waals surface area contributed by atoms with Crippen LogP contribution in [0.25, 0.3) is 0 Å². The van der Waals surface area contributed by atoms with Gasteiger partial charge in [0.2, 0.25) is 0 Å². The summed E-state index contributed by atoms with van der Waals surface area (Å²) in [6.07, 6.45) is 3.77. The van der Waals surface area contributed by atoms with Gasteiger partial charge in [-0.05, 0) is 31.4 Å². The molecule has 0 aromatic heterocycles. The summed E-state index contributed by atoms with van der Waals surface area (Å²) in [7, 11) is 3.21. The van der Waals surface area contributed by atoms with Gasteiger partial charge >= 0.3 is 0 Å². The first kappa shape index (κ1) is 14.2. The van der Waals surface area contributed by atoms with Crippen molar-refractivity contribution in [2.75, 3.05) is 14.2 Å². The van der Waals surface area contributed by atoms with Crippen LogP contribution in [0.5, 0.6) is 11.5 Å². The Morgan fingerprint density at radius 3 is 2.42 bits per heavy atom. The highest BCUT2D eigenvalue weighted by molar-refractivity contribution is 6.30. The van der Waals surface area contributed by atoms with Crippen molar-refractivity contribution in [2.45, 2.75) is 31.3 Å². The molecule has 1 aromatic rings. The van der Waals surface area contributed by atoms with E-state index in [1.165, 1.54) is 0 Å². The molecule has 2 rings (SSSR count). The molecule has 1 saturated heterocycles. The molecule has 0 saturated carbocycles. The third kappa shape index (κ3) is 3.01. The molecule has 1 aliphatic rings. The Morgan fingerprint density at radius 1 is 1.26 bits per heavy atom. The summed E-state index contributed by atoms with van der Waals surface area (Å²) in [5, 5.41) is 3.89. The third-order valence-electron chi connectivity index (χ3n) is 3.44. The molecule has 1 heterocycles. The van der Waals surface area contributed by atoms with Crippen LogP contribution in [0.1, 0.15) is 30.9 Å². The van der Waals surface area contributed by atoms with Gasteiger partial charge in [0.05, 0.1) is 25.8 Å². The number of halogens is 1. The summed E-state index contributed by atoms with van der Waals surface area (Å²) in [5.41, 5.74) is 0.931. The average molecular weight is 284 g/mol. The molecule has 0 radical (unpaired) electrons. The van der Waals surface area contributed by atoms with E-state index in [2.05, 4.69) is 5.32 Å². The van der Waals surface area contributed by atoms with E-state index in [1.54, 1.807) is 26.4 Å². The number of hydrogen-bond acceptors (Lipinski definition) is 4. The lowest BCUT2D eigenvalue weighted by Crippen LogP contribution is -2.38. The Hall–Kier alpha value is -1.26. The van der Waals surface area contributed by atoms with Crippen LogP contribution in [0.15, 0.2) is 12.1 Å². The Balaban J connectivity index is 2.39. The van der Waals surface area contributed by atoms with Gasteiger partial charge in [0, 0.05) is 11.1 Å². The van der Waals surface area contributed by atoms with Gasteiger partial charge in [-0.15, -0.1) is 0 Å². The van der Waals surface area contributed by atoms with Crippen LogP contribution in [-0.2, 0) is 4.79 Å². The lowest BCUT2D eigenvalue weighted by molar-refractivity contribution is -0.110. The van der Waals surface area contributed by atoms with Crippen molar-refractivity contribution < 1.29 is 14.3 Å². The molecule has 1 fully saturated rings. The number of nitrogens with one attached hydrogen (secondary N) is 1. The van der Waals surface area contributed by atoms with E-state index in [-0.39, 0.29) is 12.1 Å². The van der Waals surface area contributed by atoms with Crippen LogP contribution in [0.3, 0.4) is 0 Å². The largest absolute Gasteiger partial charge is 0.496 e. The molecule has 2 unspecified atom stereocenters. The molecule has 0 spiro atoms. The fourth-order valence-electron chi connectivity index (χ4n) is 2.55. The van der Waals surface area contributed by atoms with E-state index in [9.17, 15) is 4.79 Å². The molecule has 0 amide bonds. The predicted molar refractivity (Wildman–Crippen MR) is 74.1 cm³/mol. The van der Waals surface area contributed by atoms with Gasteiger partial charge in [-0.25, -0.2) is 0 Å². The molecule has 104 valence electrons. The van der Waals surface area contributed by atoms with E-state index in [0.29, 0.717) is 16.5 Å².